The van der Waals surface area contributed by atoms with Crippen LogP contribution in [0.1, 0.15) is 21.9 Å². The summed E-state index contributed by atoms with van der Waals surface area (Å²) in [5.41, 5.74) is 0.720. The van der Waals surface area contributed by atoms with Crippen molar-refractivity contribution >= 4 is 5.91 Å². The number of amides is 1. The smallest absolute Gasteiger partial charge is 0.290 e. The van der Waals surface area contributed by atoms with Gasteiger partial charge in [-0.25, -0.2) is 4.98 Å². The van der Waals surface area contributed by atoms with E-state index in [2.05, 4.69) is 25.7 Å². The molecule has 0 unspecified atom stereocenters. The number of H-pyrrole nitrogens is 1. The average Bonchev–Trinajstić information content (AvgIpc) is 2.88. The lowest BCUT2D eigenvalue weighted by Gasteiger charge is -2.00. The molecule has 7 nitrogen and oxygen atoms in total. The van der Waals surface area contributed by atoms with Crippen molar-refractivity contribution in [2.24, 2.45) is 0 Å². The monoisotopic (exact) mass is 221 g/mol. The molecule has 0 aliphatic heterocycles. The second-order valence-electron chi connectivity index (χ2n) is 3.28. The Kier molecular flexibility index (Phi) is 2.95. The number of nitrogens with one attached hydrogen (secondary N) is 2. The van der Waals surface area contributed by atoms with Gasteiger partial charge >= 0.3 is 0 Å². The highest BCUT2D eigenvalue weighted by Gasteiger charge is 2.13. The Morgan fingerprint density at radius 3 is 3.12 bits per heavy atom. The maximum Gasteiger partial charge on any atom is 0.290 e. The van der Waals surface area contributed by atoms with Gasteiger partial charge in [-0.3, -0.25) is 9.89 Å². The number of hydrogen-bond donors (Lipinski definition) is 2. The quantitative estimate of drug-likeness (QED) is 0.761. The van der Waals surface area contributed by atoms with Crippen LogP contribution in [0, 0.1) is 6.92 Å². The van der Waals surface area contributed by atoms with Gasteiger partial charge < -0.3 is 9.84 Å². The number of aryl methyl sites for hydroxylation is 1. The van der Waals surface area contributed by atoms with Crippen molar-refractivity contribution in [3.63, 3.8) is 0 Å². The number of aromatic amines is 1. The molecule has 0 aliphatic rings. The van der Waals surface area contributed by atoms with Gasteiger partial charge in [0.05, 0.1) is 6.20 Å². The largest absolute Gasteiger partial charge is 0.351 e. The Labute approximate surface area is 91.2 Å². The second-order valence-corrected chi connectivity index (χ2v) is 3.28. The third kappa shape index (κ3) is 2.25. The molecule has 2 heterocycles. The van der Waals surface area contributed by atoms with E-state index in [0.717, 1.165) is 11.4 Å². The highest BCUT2D eigenvalue weighted by Crippen LogP contribution is 2.04. The minimum atomic E-state index is -0.269. The zero-order valence-corrected chi connectivity index (χ0v) is 8.73. The molecule has 0 atom stereocenters. The normalized spacial score (nSPS) is 10.3. The van der Waals surface area contributed by atoms with Crippen molar-refractivity contribution in [1.29, 1.82) is 0 Å². The molecule has 0 aromatic carbocycles. The fourth-order valence-electron chi connectivity index (χ4n) is 1.24. The van der Waals surface area contributed by atoms with Gasteiger partial charge in [0.25, 0.3) is 5.91 Å². The zero-order chi connectivity index (χ0) is 11.4. The molecule has 0 spiro atoms. The third-order valence-corrected chi connectivity index (χ3v) is 2.07. The SMILES string of the molecule is Cc1cnoc1C(=O)NCCc1ncn[nH]1. The number of hydrogen-bond acceptors (Lipinski definition) is 5. The van der Waals surface area contributed by atoms with Crippen molar-refractivity contribution in [1.82, 2.24) is 25.7 Å². The zero-order valence-electron chi connectivity index (χ0n) is 8.73. The molecule has 16 heavy (non-hydrogen) atoms. The van der Waals surface area contributed by atoms with Crippen LogP contribution in [0.15, 0.2) is 17.0 Å². The number of carbonyl (C=O) groups excluding carboxylic acids is 1. The summed E-state index contributed by atoms with van der Waals surface area (Å²) in [6.07, 6.45) is 3.53. The van der Waals surface area contributed by atoms with E-state index in [-0.39, 0.29) is 11.7 Å². The summed E-state index contributed by atoms with van der Waals surface area (Å²) >= 11 is 0. The average molecular weight is 221 g/mol. The van der Waals surface area contributed by atoms with Gasteiger partial charge in [-0.05, 0) is 6.92 Å². The van der Waals surface area contributed by atoms with Gasteiger partial charge in [0.15, 0.2) is 0 Å². The van der Waals surface area contributed by atoms with Crippen LogP contribution in [0.25, 0.3) is 0 Å². The van der Waals surface area contributed by atoms with Gasteiger partial charge in [-0.1, -0.05) is 5.16 Å². The van der Waals surface area contributed by atoms with Gasteiger partial charge in [-0.15, -0.1) is 0 Å². The summed E-state index contributed by atoms with van der Waals surface area (Å²) in [5, 5.41) is 12.7. The summed E-state index contributed by atoms with van der Waals surface area (Å²) in [6, 6.07) is 0. The molecule has 0 radical (unpaired) electrons. The fraction of sp³-hybridized carbons (Fsp3) is 0.333. The number of nitrogens with zero attached hydrogens (tertiary/aromatic N) is 3. The number of rotatable bonds is 4. The van der Waals surface area contributed by atoms with Crippen LogP contribution in [-0.2, 0) is 6.42 Å². The van der Waals surface area contributed by atoms with Crippen molar-refractivity contribution in [2.75, 3.05) is 6.54 Å². The first-order valence-corrected chi connectivity index (χ1v) is 4.81. The molecular weight excluding hydrogens is 210 g/mol. The van der Waals surface area contributed by atoms with Gasteiger partial charge in [-0.2, -0.15) is 5.10 Å². The predicted octanol–water partition coefficient (Wildman–Crippen LogP) is 0.0736. The van der Waals surface area contributed by atoms with Crippen molar-refractivity contribution in [3.05, 3.63) is 29.7 Å². The van der Waals surface area contributed by atoms with Crippen molar-refractivity contribution in [3.8, 4) is 0 Å². The molecule has 0 saturated carbocycles. The molecule has 0 bridgehead atoms. The maximum absolute atomic E-state index is 11.6. The first-order chi connectivity index (χ1) is 7.77. The maximum atomic E-state index is 11.6. The van der Waals surface area contributed by atoms with Gasteiger partial charge in [0, 0.05) is 18.5 Å². The fourth-order valence-corrected chi connectivity index (χ4v) is 1.24. The van der Waals surface area contributed by atoms with Crippen LogP contribution in [0.2, 0.25) is 0 Å². The van der Waals surface area contributed by atoms with Crippen molar-refractivity contribution < 1.29 is 9.32 Å². The molecule has 0 saturated heterocycles. The summed E-state index contributed by atoms with van der Waals surface area (Å²) < 4.78 is 4.82. The van der Waals surface area contributed by atoms with Gasteiger partial charge in [0.2, 0.25) is 5.76 Å². The molecule has 2 aromatic heterocycles. The van der Waals surface area contributed by atoms with Crippen LogP contribution in [0.4, 0.5) is 0 Å². The van der Waals surface area contributed by atoms with E-state index in [1.807, 2.05) is 0 Å². The summed E-state index contributed by atoms with van der Waals surface area (Å²) in [5.74, 6) is 0.710. The standard InChI is InChI=1S/C9H11N5O2/c1-6-4-13-16-8(6)9(15)10-3-2-7-11-5-12-14-7/h4-5H,2-3H2,1H3,(H,10,15)(H,11,12,14). The van der Waals surface area contributed by atoms with Crippen molar-refractivity contribution in [2.45, 2.75) is 13.3 Å². The van der Waals surface area contributed by atoms with E-state index in [0.29, 0.717) is 13.0 Å². The molecule has 2 N–H and O–H groups in total. The lowest BCUT2D eigenvalue weighted by atomic mass is 10.3. The highest BCUT2D eigenvalue weighted by atomic mass is 16.5. The van der Waals surface area contributed by atoms with Crippen LogP contribution in [-0.4, -0.2) is 32.8 Å². The highest BCUT2D eigenvalue weighted by molar-refractivity contribution is 5.92. The van der Waals surface area contributed by atoms with E-state index >= 15 is 0 Å². The Bertz CT molecular complexity index is 462. The lowest BCUT2D eigenvalue weighted by Crippen LogP contribution is -2.26. The first kappa shape index (κ1) is 10.3. The Hall–Kier alpha value is -2.18. The minimum absolute atomic E-state index is 0.248. The van der Waals surface area contributed by atoms with E-state index in [1.54, 1.807) is 6.92 Å². The van der Waals surface area contributed by atoms with E-state index in [1.165, 1.54) is 12.5 Å². The lowest BCUT2D eigenvalue weighted by molar-refractivity contribution is 0.0916. The summed E-state index contributed by atoms with van der Waals surface area (Å²) in [4.78, 5) is 15.5. The Balaban J connectivity index is 1.83. The Morgan fingerprint density at radius 2 is 2.50 bits per heavy atom. The topological polar surface area (TPSA) is 96.7 Å². The molecular formula is C9H11N5O2. The predicted molar refractivity (Wildman–Crippen MR) is 53.7 cm³/mol. The minimum Gasteiger partial charge on any atom is -0.351 e. The van der Waals surface area contributed by atoms with E-state index < -0.39 is 0 Å². The summed E-state index contributed by atoms with van der Waals surface area (Å²) in [6.45, 7) is 2.23. The van der Waals surface area contributed by atoms with Crippen LogP contribution >= 0.6 is 0 Å². The second kappa shape index (κ2) is 4.56. The first-order valence-electron chi connectivity index (χ1n) is 4.81. The summed E-state index contributed by atoms with van der Waals surface area (Å²) in [7, 11) is 0. The molecule has 0 fully saturated rings. The molecule has 7 heteroatoms. The molecule has 1 amide bonds. The number of aromatic nitrogens is 4. The Morgan fingerprint density at radius 1 is 1.62 bits per heavy atom. The van der Waals surface area contributed by atoms with Gasteiger partial charge in [0.1, 0.15) is 12.2 Å². The van der Waals surface area contributed by atoms with E-state index in [4.69, 9.17) is 4.52 Å². The van der Waals surface area contributed by atoms with E-state index in [9.17, 15) is 4.79 Å². The molecule has 2 rings (SSSR count). The van der Waals surface area contributed by atoms with Crippen LogP contribution in [0.5, 0.6) is 0 Å². The molecule has 84 valence electrons. The third-order valence-electron chi connectivity index (χ3n) is 2.07. The van der Waals surface area contributed by atoms with Crippen LogP contribution < -0.4 is 5.32 Å². The van der Waals surface area contributed by atoms with Crippen LogP contribution in [0.3, 0.4) is 0 Å². The number of carbonyl (C=O) groups is 1. The molecule has 2 aromatic rings. The molecule has 0 aliphatic carbocycles.